The van der Waals surface area contributed by atoms with Crippen LogP contribution in [0.2, 0.25) is 0 Å². The van der Waals surface area contributed by atoms with Crippen molar-refractivity contribution in [2.45, 2.75) is 6.61 Å². The lowest BCUT2D eigenvalue weighted by molar-refractivity contribution is -0.113. The summed E-state index contributed by atoms with van der Waals surface area (Å²) in [5.41, 5.74) is 1.41. The zero-order chi connectivity index (χ0) is 17.1. The Labute approximate surface area is 146 Å². The molecule has 3 rings (SSSR count). The number of thioether (sulfide) groups is 1. The maximum absolute atomic E-state index is 12.6. The first-order valence-electron chi connectivity index (χ1n) is 6.92. The molecule has 0 saturated carbocycles. The average molecular weight is 363 g/mol. The zero-order valence-electron chi connectivity index (χ0n) is 12.2. The molecule has 122 valence electrons. The lowest BCUT2D eigenvalue weighted by Crippen LogP contribution is -2.27. The Morgan fingerprint density at radius 1 is 1.08 bits per heavy atom. The molecule has 0 aliphatic carbocycles. The Balaban J connectivity index is 1.81. The molecule has 0 aromatic heterocycles. The van der Waals surface area contributed by atoms with Crippen LogP contribution in [0.3, 0.4) is 0 Å². The smallest absolute Gasteiger partial charge is 0.387 e. The molecular formula is C17H11F2NO2S2. The minimum Gasteiger partial charge on any atom is -0.435 e. The number of anilines is 1. The van der Waals surface area contributed by atoms with Crippen LogP contribution in [0.5, 0.6) is 5.75 Å². The van der Waals surface area contributed by atoms with Gasteiger partial charge in [0.1, 0.15) is 5.75 Å². The van der Waals surface area contributed by atoms with Gasteiger partial charge in [-0.15, -0.1) is 0 Å². The monoisotopic (exact) mass is 363 g/mol. The molecule has 3 nitrogen and oxygen atoms in total. The quantitative estimate of drug-likeness (QED) is 0.582. The van der Waals surface area contributed by atoms with Gasteiger partial charge in [0.2, 0.25) is 0 Å². The normalized spacial score (nSPS) is 16.3. The fraction of sp³-hybridized carbons (Fsp3) is 0.0588. The first kappa shape index (κ1) is 16.6. The summed E-state index contributed by atoms with van der Waals surface area (Å²) in [6, 6.07) is 15.2. The molecule has 0 unspecified atom stereocenters. The lowest BCUT2D eigenvalue weighted by Gasteiger charge is -2.13. The number of carbonyl (C=O) groups is 1. The minimum atomic E-state index is -2.86. The van der Waals surface area contributed by atoms with Gasteiger partial charge in [0.25, 0.3) is 5.91 Å². The standard InChI is InChI=1S/C17H11F2NO2S2/c18-16(19)22-13-8-6-11(7-9-13)10-14-15(21)20(17(23)24-14)12-4-2-1-3-5-12/h1-10,16H/b14-10-. The first-order chi connectivity index (χ1) is 11.5. The summed E-state index contributed by atoms with van der Waals surface area (Å²) in [6.45, 7) is -2.86. The number of halogens is 2. The average Bonchev–Trinajstić information content (AvgIpc) is 2.83. The highest BCUT2D eigenvalue weighted by molar-refractivity contribution is 8.27. The number of carbonyl (C=O) groups excluding carboxylic acids is 1. The third-order valence-electron chi connectivity index (χ3n) is 3.21. The van der Waals surface area contributed by atoms with E-state index in [4.69, 9.17) is 12.2 Å². The molecule has 0 bridgehead atoms. The van der Waals surface area contributed by atoms with E-state index in [2.05, 4.69) is 4.74 Å². The number of ether oxygens (including phenoxy) is 1. The van der Waals surface area contributed by atoms with Gasteiger partial charge < -0.3 is 4.74 Å². The fourth-order valence-corrected chi connectivity index (χ4v) is 3.46. The van der Waals surface area contributed by atoms with Gasteiger partial charge in [0.05, 0.1) is 10.6 Å². The molecule has 2 aromatic carbocycles. The number of hydrogen-bond donors (Lipinski definition) is 0. The van der Waals surface area contributed by atoms with Crippen molar-refractivity contribution in [3.05, 3.63) is 65.1 Å². The predicted octanol–water partition coefficient (Wildman–Crippen LogP) is 4.69. The highest BCUT2D eigenvalue weighted by atomic mass is 32.2. The topological polar surface area (TPSA) is 29.5 Å². The van der Waals surface area contributed by atoms with Gasteiger partial charge in [0, 0.05) is 0 Å². The van der Waals surface area contributed by atoms with Crippen molar-refractivity contribution in [3.63, 3.8) is 0 Å². The number of thiocarbonyl (C=S) groups is 1. The van der Waals surface area contributed by atoms with Crippen LogP contribution in [0.1, 0.15) is 5.56 Å². The number of amides is 1. The van der Waals surface area contributed by atoms with Crippen molar-refractivity contribution in [3.8, 4) is 5.75 Å². The summed E-state index contributed by atoms with van der Waals surface area (Å²) in [5, 5.41) is 0. The van der Waals surface area contributed by atoms with E-state index in [9.17, 15) is 13.6 Å². The summed E-state index contributed by atoms with van der Waals surface area (Å²) in [7, 11) is 0. The molecule has 0 spiro atoms. The Kier molecular flexibility index (Phi) is 4.92. The second-order valence-corrected chi connectivity index (χ2v) is 6.48. The van der Waals surface area contributed by atoms with Crippen molar-refractivity contribution >= 4 is 46.0 Å². The van der Waals surface area contributed by atoms with E-state index < -0.39 is 6.61 Å². The largest absolute Gasteiger partial charge is 0.435 e. The number of alkyl halides is 2. The molecule has 1 aliphatic heterocycles. The van der Waals surface area contributed by atoms with Crippen molar-refractivity contribution in [2.75, 3.05) is 4.90 Å². The van der Waals surface area contributed by atoms with E-state index in [0.29, 0.717) is 20.5 Å². The van der Waals surface area contributed by atoms with Gasteiger partial charge in [-0.3, -0.25) is 9.69 Å². The Morgan fingerprint density at radius 2 is 1.75 bits per heavy atom. The second-order valence-electron chi connectivity index (χ2n) is 4.80. The van der Waals surface area contributed by atoms with E-state index in [-0.39, 0.29) is 11.7 Å². The number of benzene rings is 2. The molecule has 0 atom stereocenters. The van der Waals surface area contributed by atoms with Gasteiger partial charge in [-0.2, -0.15) is 8.78 Å². The molecule has 1 aliphatic rings. The SMILES string of the molecule is O=C1/C(=C/c2ccc(OC(F)F)cc2)SC(=S)N1c1ccccc1. The first-order valence-corrected chi connectivity index (χ1v) is 8.15. The van der Waals surface area contributed by atoms with Crippen molar-refractivity contribution < 1.29 is 18.3 Å². The van der Waals surface area contributed by atoms with Gasteiger partial charge in [-0.25, -0.2) is 0 Å². The number of hydrogen-bond acceptors (Lipinski definition) is 4. The third-order valence-corrected chi connectivity index (χ3v) is 4.51. The summed E-state index contributed by atoms with van der Waals surface area (Å²) in [4.78, 5) is 14.5. The Morgan fingerprint density at radius 3 is 2.38 bits per heavy atom. The van der Waals surface area contributed by atoms with Gasteiger partial charge in [-0.05, 0) is 35.9 Å². The van der Waals surface area contributed by atoms with Crippen LogP contribution in [0.4, 0.5) is 14.5 Å². The molecule has 1 heterocycles. The molecule has 24 heavy (non-hydrogen) atoms. The van der Waals surface area contributed by atoms with E-state index in [0.717, 1.165) is 0 Å². The van der Waals surface area contributed by atoms with Crippen molar-refractivity contribution in [1.29, 1.82) is 0 Å². The van der Waals surface area contributed by atoms with E-state index in [1.165, 1.54) is 28.8 Å². The highest BCUT2D eigenvalue weighted by Crippen LogP contribution is 2.36. The minimum absolute atomic E-state index is 0.0685. The fourth-order valence-electron chi connectivity index (χ4n) is 2.16. The second kappa shape index (κ2) is 7.11. The maximum atomic E-state index is 12.6. The third kappa shape index (κ3) is 3.63. The molecular weight excluding hydrogens is 352 g/mol. The summed E-state index contributed by atoms with van der Waals surface area (Å²) >= 11 is 6.49. The van der Waals surface area contributed by atoms with Crippen molar-refractivity contribution in [1.82, 2.24) is 0 Å². The lowest BCUT2D eigenvalue weighted by atomic mass is 10.2. The molecule has 1 fully saturated rings. The van der Waals surface area contributed by atoms with Gasteiger partial charge in [0.15, 0.2) is 4.32 Å². The van der Waals surface area contributed by atoms with Crippen LogP contribution < -0.4 is 9.64 Å². The molecule has 0 N–H and O–H groups in total. The molecule has 0 radical (unpaired) electrons. The summed E-state index contributed by atoms with van der Waals surface area (Å²) in [6.07, 6.45) is 1.67. The van der Waals surface area contributed by atoms with E-state index in [1.54, 1.807) is 18.2 Å². The van der Waals surface area contributed by atoms with Crippen LogP contribution in [-0.4, -0.2) is 16.8 Å². The van der Waals surface area contributed by atoms with Crippen molar-refractivity contribution in [2.24, 2.45) is 0 Å². The molecule has 7 heteroatoms. The Hall–Kier alpha value is -2.25. The number of rotatable bonds is 4. The number of nitrogens with zero attached hydrogens (tertiary/aromatic N) is 1. The maximum Gasteiger partial charge on any atom is 0.387 e. The molecule has 1 saturated heterocycles. The summed E-state index contributed by atoms with van der Waals surface area (Å²) < 4.78 is 29.0. The molecule has 2 aromatic rings. The number of para-hydroxylation sites is 1. The Bertz CT molecular complexity index is 792. The van der Waals surface area contributed by atoms with Crippen LogP contribution in [0.15, 0.2) is 59.5 Å². The zero-order valence-corrected chi connectivity index (χ0v) is 13.8. The van der Waals surface area contributed by atoms with Crippen LogP contribution in [-0.2, 0) is 4.79 Å². The van der Waals surface area contributed by atoms with E-state index in [1.807, 2.05) is 30.3 Å². The molecule has 1 amide bonds. The predicted molar refractivity (Wildman–Crippen MR) is 95.2 cm³/mol. The van der Waals surface area contributed by atoms with Gasteiger partial charge >= 0.3 is 6.61 Å². The van der Waals surface area contributed by atoms with Crippen LogP contribution >= 0.6 is 24.0 Å². The summed E-state index contributed by atoms with van der Waals surface area (Å²) in [5.74, 6) is -0.136. The van der Waals surface area contributed by atoms with Crippen LogP contribution in [0.25, 0.3) is 6.08 Å². The van der Waals surface area contributed by atoms with Crippen LogP contribution in [0, 0.1) is 0 Å². The highest BCUT2D eigenvalue weighted by Gasteiger charge is 2.33. The van der Waals surface area contributed by atoms with Gasteiger partial charge in [-0.1, -0.05) is 54.3 Å². The van der Waals surface area contributed by atoms with E-state index >= 15 is 0 Å².